The monoisotopic (exact) mass is 237 g/mol. The molecule has 96 valence electrons. The van der Waals surface area contributed by atoms with Gasteiger partial charge in [-0.2, -0.15) is 5.10 Å². The molecule has 1 aromatic rings. The Bertz CT molecular complexity index is 382. The smallest absolute Gasteiger partial charge is 0.216 e. The molecule has 1 fully saturated rings. The molecular weight excluding hydrogens is 214 g/mol. The SMILES string of the molecule is COc1c(CNC(C)C2CCC2)c(C)nn1C. The summed E-state index contributed by atoms with van der Waals surface area (Å²) in [6.45, 7) is 5.16. The van der Waals surface area contributed by atoms with Crippen molar-refractivity contribution in [2.24, 2.45) is 13.0 Å². The second kappa shape index (κ2) is 5.08. The Balaban J connectivity index is 1.97. The minimum Gasteiger partial charge on any atom is -0.481 e. The molecule has 1 N–H and O–H groups in total. The van der Waals surface area contributed by atoms with Gasteiger partial charge in [0.1, 0.15) is 0 Å². The maximum Gasteiger partial charge on any atom is 0.216 e. The van der Waals surface area contributed by atoms with Crippen LogP contribution in [0.25, 0.3) is 0 Å². The maximum atomic E-state index is 5.39. The van der Waals surface area contributed by atoms with Crippen LogP contribution in [-0.2, 0) is 13.6 Å². The fourth-order valence-electron chi connectivity index (χ4n) is 2.51. The van der Waals surface area contributed by atoms with Crippen molar-refractivity contribution in [2.75, 3.05) is 7.11 Å². The van der Waals surface area contributed by atoms with Gasteiger partial charge in [0.25, 0.3) is 0 Å². The first-order chi connectivity index (χ1) is 8.13. The first-order valence-corrected chi connectivity index (χ1v) is 6.43. The van der Waals surface area contributed by atoms with Crippen molar-refractivity contribution < 1.29 is 4.74 Å². The Morgan fingerprint density at radius 1 is 1.53 bits per heavy atom. The third-order valence-corrected chi connectivity index (χ3v) is 3.94. The number of ether oxygens (including phenoxy) is 1. The zero-order chi connectivity index (χ0) is 12.4. The van der Waals surface area contributed by atoms with Crippen molar-refractivity contribution in [3.63, 3.8) is 0 Å². The van der Waals surface area contributed by atoms with Crippen LogP contribution in [0.4, 0.5) is 0 Å². The summed E-state index contributed by atoms with van der Waals surface area (Å²) in [5.74, 6) is 1.73. The summed E-state index contributed by atoms with van der Waals surface area (Å²) in [6, 6.07) is 0.591. The third-order valence-electron chi connectivity index (χ3n) is 3.94. The van der Waals surface area contributed by atoms with Gasteiger partial charge in [-0.1, -0.05) is 6.42 Å². The largest absolute Gasteiger partial charge is 0.481 e. The Kier molecular flexibility index (Phi) is 3.72. The quantitative estimate of drug-likeness (QED) is 0.851. The van der Waals surface area contributed by atoms with Crippen molar-refractivity contribution in [1.29, 1.82) is 0 Å². The van der Waals surface area contributed by atoms with E-state index < -0.39 is 0 Å². The molecule has 0 aromatic carbocycles. The molecule has 0 spiro atoms. The Morgan fingerprint density at radius 3 is 2.76 bits per heavy atom. The van der Waals surface area contributed by atoms with Crippen LogP contribution in [0, 0.1) is 12.8 Å². The van der Waals surface area contributed by atoms with Crippen LogP contribution in [0.15, 0.2) is 0 Å². The number of nitrogens with one attached hydrogen (secondary N) is 1. The van der Waals surface area contributed by atoms with Crippen LogP contribution in [0.5, 0.6) is 5.88 Å². The summed E-state index contributed by atoms with van der Waals surface area (Å²) in [5.41, 5.74) is 2.24. The Morgan fingerprint density at radius 2 is 2.24 bits per heavy atom. The summed E-state index contributed by atoms with van der Waals surface area (Å²) in [6.07, 6.45) is 4.14. The van der Waals surface area contributed by atoms with Gasteiger partial charge >= 0.3 is 0 Å². The topological polar surface area (TPSA) is 39.1 Å². The van der Waals surface area contributed by atoms with Crippen LogP contribution < -0.4 is 10.1 Å². The number of aryl methyl sites for hydroxylation is 2. The van der Waals surface area contributed by atoms with Gasteiger partial charge in [0, 0.05) is 19.6 Å². The number of rotatable bonds is 5. The molecule has 0 bridgehead atoms. The highest BCUT2D eigenvalue weighted by atomic mass is 16.5. The zero-order valence-corrected chi connectivity index (χ0v) is 11.3. The van der Waals surface area contributed by atoms with E-state index in [0.29, 0.717) is 6.04 Å². The first kappa shape index (κ1) is 12.4. The lowest BCUT2D eigenvalue weighted by Crippen LogP contribution is -2.36. The van der Waals surface area contributed by atoms with E-state index in [-0.39, 0.29) is 0 Å². The van der Waals surface area contributed by atoms with Gasteiger partial charge in [-0.15, -0.1) is 0 Å². The molecule has 1 aliphatic rings. The molecule has 1 atom stereocenters. The highest BCUT2D eigenvalue weighted by Gasteiger charge is 2.24. The number of nitrogens with zero attached hydrogens (tertiary/aromatic N) is 2. The second-order valence-electron chi connectivity index (χ2n) is 5.06. The maximum absolute atomic E-state index is 5.39. The molecule has 0 aliphatic heterocycles. The van der Waals surface area contributed by atoms with E-state index in [1.54, 1.807) is 11.8 Å². The van der Waals surface area contributed by atoms with E-state index in [0.717, 1.165) is 24.0 Å². The van der Waals surface area contributed by atoms with Gasteiger partial charge in [-0.3, -0.25) is 0 Å². The average molecular weight is 237 g/mol. The molecule has 0 radical (unpaired) electrons. The average Bonchev–Trinajstić information content (AvgIpc) is 2.47. The zero-order valence-electron chi connectivity index (χ0n) is 11.3. The predicted molar refractivity (Wildman–Crippen MR) is 68.1 cm³/mol. The highest BCUT2D eigenvalue weighted by molar-refractivity contribution is 5.30. The van der Waals surface area contributed by atoms with Crippen LogP contribution in [0.1, 0.15) is 37.4 Å². The molecule has 4 nitrogen and oxygen atoms in total. The fraction of sp³-hybridized carbons (Fsp3) is 0.769. The van der Waals surface area contributed by atoms with Gasteiger partial charge in [0.05, 0.1) is 18.4 Å². The lowest BCUT2D eigenvalue weighted by atomic mass is 9.80. The third kappa shape index (κ3) is 2.46. The molecule has 2 rings (SSSR count). The summed E-state index contributed by atoms with van der Waals surface area (Å²) >= 11 is 0. The van der Waals surface area contributed by atoms with Crippen LogP contribution >= 0.6 is 0 Å². The first-order valence-electron chi connectivity index (χ1n) is 6.43. The van der Waals surface area contributed by atoms with Gasteiger partial charge < -0.3 is 10.1 Å². The standard InChI is InChI=1S/C13H23N3O/c1-9(11-6-5-7-11)14-8-12-10(2)15-16(3)13(12)17-4/h9,11,14H,5-8H2,1-4H3. The molecule has 4 heteroatoms. The minimum absolute atomic E-state index is 0.591. The fourth-order valence-corrected chi connectivity index (χ4v) is 2.51. The molecule has 1 heterocycles. The van der Waals surface area contributed by atoms with Crippen LogP contribution in [0.2, 0.25) is 0 Å². The lowest BCUT2D eigenvalue weighted by molar-refractivity contribution is 0.239. The molecule has 17 heavy (non-hydrogen) atoms. The van der Waals surface area contributed by atoms with Crippen LogP contribution in [0.3, 0.4) is 0 Å². The van der Waals surface area contributed by atoms with Crippen molar-refractivity contribution in [3.8, 4) is 5.88 Å². The molecule has 1 unspecified atom stereocenters. The van der Waals surface area contributed by atoms with E-state index in [1.807, 2.05) is 14.0 Å². The highest BCUT2D eigenvalue weighted by Crippen LogP contribution is 2.30. The normalized spacial score (nSPS) is 17.9. The number of hydrogen-bond acceptors (Lipinski definition) is 3. The Hall–Kier alpha value is -1.03. The molecule has 0 saturated heterocycles. The van der Waals surface area contributed by atoms with Gasteiger partial charge in [0.15, 0.2) is 0 Å². The lowest BCUT2D eigenvalue weighted by Gasteiger charge is -2.32. The number of aromatic nitrogens is 2. The minimum atomic E-state index is 0.591. The van der Waals surface area contributed by atoms with E-state index in [2.05, 4.69) is 17.3 Å². The molecule has 1 aromatic heterocycles. The van der Waals surface area contributed by atoms with E-state index in [4.69, 9.17) is 4.74 Å². The number of hydrogen-bond donors (Lipinski definition) is 1. The van der Waals surface area contributed by atoms with Gasteiger partial charge in [-0.05, 0) is 32.6 Å². The summed E-state index contributed by atoms with van der Waals surface area (Å²) in [4.78, 5) is 0. The van der Waals surface area contributed by atoms with Crippen molar-refractivity contribution in [2.45, 2.75) is 45.7 Å². The molecule has 1 aliphatic carbocycles. The van der Waals surface area contributed by atoms with Crippen molar-refractivity contribution in [1.82, 2.24) is 15.1 Å². The van der Waals surface area contributed by atoms with Gasteiger partial charge in [0.2, 0.25) is 5.88 Å². The van der Waals surface area contributed by atoms with Gasteiger partial charge in [-0.25, -0.2) is 4.68 Å². The predicted octanol–water partition coefficient (Wildman–Crippen LogP) is 2.02. The van der Waals surface area contributed by atoms with Crippen LogP contribution in [-0.4, -0.2) is 22.9 Å². The van der Waals surface area contributed by atoms with E-state index in [1.165, 1.54) is 24.8 Å². The summed E-state index contributed by atoms with van der Waals surface area (Å²) < 4.78 is 7.20. The summed E-state index contributed by atoms with van der Waals surface area (Å²) in [7, 11) is 3.63. The molecule has 1 saturated carbocycles. The van der Waals surface area contributed by atoms with Crippen molar-refractivity contribution >= 4 is 0 Å². The second-order valence-corrected chi connectivity index (χ2v) is 5.06. The molecular formula is C13H23N3O. The van der Waals surface area contributed by atoms with E-state index in [9.17, 15) is 0 Å². The van der Waals surface area contributed by atoms with Crippen molar-refractivity contribution in [3.05, 3.63) is 11.3 Å². The van der Waals surface area contributed by atoms with E-state index >= 15 is 0 Å². The summed E-state index contributed by atoms with van der Waals surface area (Å²) in [5, 5.41) is 7.99. The Labute approximate surface area is 103 Å². The molecule has 0 amide bonds. The number of methoxy groups -OCH3 is 1.